The second kappa shape index (κ2) is 6.91. The van der Waals surface area contributed by atoms with Gasteiger partial charge in [0.25, 0.3) is 0 Å². The summed E-state index contributed by atoms with van der Waals surface area (Å²) in [5.74, 6) is 0.818. The molecule has 1 N–H and O–H groups in total. The molecule has 1 fully saturated rings. The van der Waals surface area contributed by atoms with Gasteiger partial charge in [0.05, 0.1) is 19.6 Å². The van der Waals surface area contributed by atoms with E-state index < -0.39 is 6.10 Å². The fourth-order valence-corrected chi connectivity index (χ4v) is 2.85. The van der Waals surface area contributed by atoms with E-state index in [1.165, 1.54) is 0 Å². The molecule has 1 amide bonds. The van der Waals surface area contributed by atoms with E-state index in [1.807, 2.05) is 43.3 Å². The van der Waals surface area contributed by atoms with Gasteiger partial charge in [-0.15, -0.1) is 0 Å². The van der Waals surface area contributed by atoms with Crippen LogP contribution in [0.1, 0.15) is 12.0 Å². The van der Waals surface area contributed by atoms with Gasteiger partial charge in [-0.2, -0.15) is 0 Å². The van der Waals surface area contributed by atoms with Crippen LogP contribution in [0.15, 0.2) is 24.3 Å². The number of benzene rings is 1. The third-order valence-corrected chi connectivity index (χ3v) is 3.78. The van der Waals surface area contributed by atoms with Crippen LogP contribution in [0.2, 0.25) is 0 Å². The number of carbonyl (C=O) groups is 1. The quantitative estimate of drug-likeness (QED) is 0.870. The lowest BCUT2D eigenvalue weighted by atomic mass is 10.1. The number of aliphatic hydroxyl groups excluding tert-OH is 1. The number of ether oxygens (including phenoxy) is 1. The highest BCUT2D eigenvalue weighted by Crippen LogP contribution is 2.21. The van der Waals surface area contributed by atoms with Crippen molar-refractivity contribution in [2.75, 3.05) is 34.3 Å². The molecule has 0 radical (unpaired) electrons. The van der Waals surface area contributed by atoms with Gasteiger partial charge in [-0.25, -0.2) is 0 Å². The van der Waals surface area contributed by atoms with Crippen LogP contribution in [0.25, 0.3) is 0 Å². The van der Waals surface area contributed by atoms with E-state index in [0.717, 1.165) is 17.9 Å². The SMILES string of the molecule is COc1cccc(CC(=O)N2CC(O)CC2CN(C)C)c1. The van der Waals surface area contributed by atoms with E-state index in [-0.39, 0.29) is 11.9 Å². The summed E-state index contributed by atoms with van der Waals surface area (Å²) in [5, 5.41) is 9.85. The van der Waals surface area contributed by atoms with Crippen molar-refractivity contribution < 1.29 is 14.6 Å². The Morgan fingerprint density at radius 1 is 1.48 bits per heavy atom. The topological polar surface area (TPSA) is 53.0 Å². The average molecular weight is 292 g/mol. The molecule has 0 aromatic heterocycles. The van der Waals surface area contributed by atoms with Gasteiger partial charge in [-0.05, 0) is 38.2 Å². The van der Waals surface area contributed by atoms with Gasteiger partial charge in [0, 0.05) is 19.1 Å². The lowest BCUT2D eigenvalue weighted by molar-refractivity contribution is -0.131. The van der Waals surface area contributed by atoms with Crippen molar-refractivity contribution >= 4 is 5.91 Å². The summed E-state index contributed by atoms with van der Waals surface area (Å²) >= 11 is 0. The summed E-state index contributed by atoms with van der Waals surface area (Å²) in [4.78, 5) is 16.4. The highest BCUT2D eigenvalue weighted by molar-refractivity contribution is 5.79. The number of hydrogen-bond acceptors (Lipinski definition) is 4. The molecule has 0 spiro atoms. The second-order valence-electron chi connectivity index (χ2n) is 5.88. The van der Waals surface area contributed by atoms with E-state index in [1.54, 1.807) is 7.11 Å². The maximum atomic E-state index is 12.5. The Labute approximate surface area is 126 Å². The van der Waals surface area contributed by atoms with Crippen LogP contribution >= 0.6 is 0 Å². The van der Waals surface area contributed by atoms with Crippen LogP contribution in [0.3, 0.4) is 0 Å². The molecule has 1 aromatic rings. The zero-order chi connectivity index (χ0) is 15.4. The Bertz CT molecular complexity index is 490. The van der Waals surface area contributed by atoms with Crippen molar-refractivity contribution in [2.24, 2.45) is 0 Å². The molecule has 1 saturated heterocycles. The lowest BCUT2D eigenvalue weighted by Crippen LogP contribution is -2.42. The van der Waals surface area contributed by atoms with E-state index in [0.29, 0.717) is 19.4 Å². The van der Waals surface area contributed by atoms with Crippen molar-refractivity contribution in [3.05, 3.63) is 29.8 Å². The smallest absolute Gasteiger partial charge is 0.227 e. The Morgan fingerprint density at radius 3 is 2.90 bits per heavy atom. The van der Waals surface area contributed by atoms with Gasteiger partial charge in [0.15, 0.2) is 0 Å². The largest absolute Gasteiger partial charge is 0.497 e. The van der Waals surface area contributed by atoms with E-state index in [4.69, 9.17) is 4.74 Å². The molecule has 21 heavy (non-hydrogen) atoms. The first-order valence-electron chi connectivity index (χ1n) is 7.24. The van der Waals surface area contributed by atoms with Gasteiger partial charge in [-0.3, -0.25) is 4.79 Å². The van der Waals surface area contributed by atoms with Crippen LogP contribution in [0.5, 0.6) is 5.75 Å². The number of β-amino-alcohol motifs (C(OH)–C–C–N with tert-alkyl or cyclic N) is 1. The highest BCUT2D eigenvalue weighted by atomic mass is 16.5. The minimum Gasteiger partial charge on any atom is -0.497 e. The lowest BCUT2D eigenvalue weighted by Gasteiger charge is -2.27. The molecule has 1 aliphatic rings. The summed E-state index contributed by atoms with van der Waals surface area (Å²) in [6, 6.07) is 7.65. The maximum Gasteiger partial charge on any atom is 0.227 e. The van der Waals surface area contributed by atoms with Gasteiger partial charge in [-0.1, -0.05) is 12.1 Å². The fourth-order valence-electron chi connectivity index (χ4n) is 2.85. The predicted octanol–water partition coefficient (Wildman–Crippen LogP) is 0.761. The van der Waals surface area contributed by atoms with Gasteiger partial charge in [0.2, 0.25) is 5.91 Å². The average Bonchev–Trinajstić information content (AvgIpc) is 2.79. The van der Waals surface area contributed by atoms with Crippen molar-refractivity contribution in [3.8, 4) is 5.75 Å². The molecule has 116 valence electrons. The summed E-state index contributed by atoms with van der Waals surface area (Å²) in [6.07, 6.45) is 0.583. The summed E-state index contributed by atoms with van der Waals surface area (Å²) in [6.45, 7) is 1.21. The number of carbonyl (C=O) groups excluding carboxylic acids is 1. The molecule has 1 aromatic carbocycles. The van der Waals surface area contributed by atoms with E-state index >= 15 is 0 Å². The number of methoxy groups -OCH3 is 1. The Balaban J connectivity index is 2.03. The molecular weight excluding hydrogens is 268 g/mol. The molecular formula is C16H24N2O3. The van der Waals surface area contributed by atoms with Crippen LogP contribution in [0.4, 0.5) is 0 Å². The third kappa shape index (κ3) is 4.19. The Kier molecular flexibility index (Phi) is 5.20. The van der Waals surface area contributed by atoms with Crippen molar-refractivity contribution in [1.29, 1.82) is 0 Å². The first-order valence-corrected chi connectivity index (χ1v) is 7.24. The first-order chi connectivity index (χ1) is 9.99. The number of aliphatic hydroxyl groups is 1. The number of likely N-dealkylation sites (N-methyl/N-ethyl adjacent to an activating group) is 1. The van der Waals surface area contributed by atoms with Crippen LogP contribution in [-0.2, 0) is 11.2 Å². The van der Waals surface area contributed by atoms with Gasteiger partial charge < -0.3 is 19.6 Å². The van der Waals surface area contributed by atoms with E-state index in [9.17, 15) is 9.90 Å². The van der Waals surface area contributed by atoms with Gasteiger partial charge >= 0.3 is 0 Å². The van der Waals surface area contributed by atoms with Crippen LogP contribution < -0.4 is 4.74 Å². The number of nitrogens with zero attached hydrogens (tertiary/aromatic N) is 2. The maximum absolute atomic E-state index is 12.5. The minimum absolute atomic E-state index is 0.0617. The first kappa shape index (κ1) is 15.8. The molecule has 2 rings (SSSR count). The molecule has 2 unspecified atom stereocenters. The molecule has 0 aliphatic carbocycles. The highest BCUT2D eigenvalue weighted by Gasteiger charge is 2.34. The molecule has 1 heterocycles. The number of rotatable bonds is 5. The minimum atomic E-state index is -0.413. The molecule has 2 atom stereocenters. The van der Waals surface area contributed by atoms with Gasteiger partial charge in [0.1, 0.15) is 5.75 Å². The summed E-state index contributed by atoms with van der Waals surface area (Å²) < 4.78 is 5.18. The zero-order valence-corrected chi connectivity index (χ0v) is 13.0. The van der Waals surface area contributed by atoms with Crippen LogP contribution in [0, 0.1) is 0 Å². The molecule has 5 heteroatoms. The van der Waals surface area contributed by atoms with Crippen LogP contribution in [-0.4, -0.2) is 67.3 Å². The molecule has 5 nitrogen and oxygen atoms in total. The Morgan fingerprint density at radius 2 is 2.24 bits per heavy atom. The summed E-state index contributed by atoms with van der Waals surface area (Å²) in [5.41, 5.74) is 0.935. The summed E-state index contributed by atoms with van der Waals surface area (Å²) in [7, 11) is 5.58. The second-order valence-corrected chi connectivity index (χ2v) is 5.88. The van der Waals surface area contributed by atoms with E-state index in [2.05, 4.69) is 4.90 Å². The molecule has 1 aliphatic heterocycles. The number of amides is 1. The number of likely N-dealkylation sites (tertiary alicyclic amines) is 1. The molecule has 0 bridgehead atoms. The van der Waals surface area contributed by atoms with Crippen molar-refractivity contribution in [3.63, 3.8) is 0 Å². The fraction of sp³-hybridized carbons (Fsp3) is 0.562. The molecule has 0 saturated carbocycles. The number of hydrogen-bond donors (Lipinski definition) is 1. The standard InChI is InChI=1S/C16H24N2O3/c1-17(2)10-13-9-14(19)11-18(13)16(20)8-12-5-4-6-15(7-12)21-3/h4-7,13-14,19H,8-11H2,1-3H3. The Hall–Kier alpha value is -1.59. The predicted molar refractivity (Wildman–Crippen MR) is 81.4 cm³/mol. The third-order valence-electron chi connectivity index (χ3n) is 3.78. The van der Waals surface area contributed by atoms with Crippen molar-refractivity contribution in [1.82, 2.24) is 9.80 Å². The zero-order valence-electron chi connectivity index (χ0n) is 13.0. The monoisotopic (exact) mass is 292 g/mol. The normalized spacial score (nSPS) is 21.9. The van der Waals surface area contributed by atoms with Crippen molar-refractivity contribution in [2.45, 2.75) is 25.0 Å².